The fourth-order valence-electron chi connectivity index (χ4n) is 3.48. The third kappa shape index (κ3) is 6.34. The zero-order valence-electron chi connectivity index (χ0n) is 19.5. The highest BCUT2D eigenvalue weighted by Gasteiger charge is 2.32. The van der Waals surface area contributed by atoms with E-state index in [2.05, 4.69) is 5.32 Å². The zero-order chi connectivity index (χ0) is 26.5. The van der Waals surface area contributed by atoms with Crippen LogP contribution in [0.25, 0.3) is 0 Å². The first-order valence-corrected chi connectivity index (χ1v) is 13.0. The van der Waals surface area contributed by atoms with Crippen LogP contribution in [-0.4, -0.2) is 44.8 Å². The molecule has 0 fully saturated rings. The van der Waals surface area contributed by atoms with Crippen LogP contribution >= 0.6 is 23.2 Å². The number of halogens is 3. The summed E-state index contributed by atoms with van der Waals surface area (Å²) in [6, 6.07) is 16.1. The van der Waals surface area contributed by atoms with Crippen molar-refractivity contribution < 1.29 is 22.4 Å². The van der Waals surface area contributed by atoms with Gasteiger partial charge in [0.25, 0.3) is 10.0 Å². The summed E-state index contributed by atoms with van der Waals surface area (Å²) in [6.07, 6.45) is 0. The van der Waals surface area contributed by atoms with Crippen molar-refractivity contribution in [1.29, 1.82) is 0 Å². The molecule has 1 N–H and O–H groups in total. The van der Waals surface area contributed by atoms with Gasteiger partial charge in [-0.15, -0.1) is 0 Å². The molecule has 2 amide bonds. The molecule has 3 rings (SSSR count). The lowest BCUT2D eigenvalue weighted by Crippen LogP contribution is -2.50. The highest BCUT2D eigenvalue weighted by molar-refractivity contribution is 7.92. The van der Waals surface area contributed by atoms with E-state index in [1.165, 1.54) is 49.2 Å². The average Bonchev–Trinajstić information content (AvgIpc) is 2.87. The summed E-state index contributed by atoms with van der Waals surface area (Å²) >= 11 is 12.3. The molecule has 1 atom stereocenters. The van der Waals surface area contributed by atoms with Gasteiger partial charge < -0.3 is 10.2 Å². The minimum absolute atomic E-state index is 0.0474. The molecule has 11 heteroatoms. The van der Waals surface area contributed by atoms with Gasteiger partial charge in [-0.1, -0.05) is 47.5 Å². The van der Waals surface area contributed by atoms with Crippen molar-refractivity contribution >= 4 is 50.7 Å². The molecule has 0 aliphatic carbocycles. The van der Waals surface area contributed by atoms with E-state index in [1.54, 1.807) is 30.3 Å². The summed E-state index contributed by atoms with van der Waals surface area (Å²) in [5, 5.41) is 3.19. The highest BCUT2D eigenvalue weighted by atomic mass is 35.5. The SMILES string of the molecule is CNC(=O)[C@H](C)N(Cc1ccc(Cl)cc1Cl)C(=O)CN(c1ccc(F)cc1)S(=O)(=O)c1ccccc1. The molecule has 0 radical (unpaired) electrons. The minimum atomic E-state index is -4.21. The zero-order valence-corrected chi connectivity index (χ0v) is 21.8. The fraction of sp³-hybridized carbons (Fsp3) is 0.200. The third-order valence-electron chi connectivity index (χ3n) is 5.49. The highest BCUT2D eigenvalue weighted by Crippen LogP contribution is 2.26. The largest absolute Gasteiger partial charge is 0.357 e. The van der Waals surface area contributed by atoms with Crippen LogP contribution in [-0.2, 0) is 26.2 Å². The second-order valence-electron chi connectivity index (χ2n) is 7.85. The third-order valence-corrected chi connectivity index (χ3v) is 7.87. The lowest BCUT2D eigenvalue weighted by molar-refractivity contribution is -0.139. The van der Waals surface area contributed by atoms with Gasteiger partial charge in [0.05, 0.1) is 10.6 Å². The topological polar surface area (TPSA) is 86.8 Å². The number of hydrogen-bond donors (Lipinski definition) is 1. The standard InChI is InChI=1S/C25H24Cl2FN3O4S/c1-17(25(33)29-2)30(15-18-8-9-19(26)14-23(18)27)24(32)16-31(21-12-10-20(28)11-13-21)36(34,35)22-6-4-3-5-7-22/h3-14,17H,15-16H2,1-2H3,(H,29,33)/t17-/m0/s1. The van der Waals surface area contributed by atoms with Gasteiger partial charge in [0.2, 0.25) is 11.8 Å². The van der Waals surface area contributed by atoms with Crippen LogP contribution < -0.4 is 9.62 Å². The van der Waals surface area contributed by atoms with Gasteiger partial charge in [-0.2, -0.15) is 0 Å². The molecule has 0 heterocycles. The predicted octanol–water partition coefficient (Wildman–Crippen LogP) is 4.49. The summed E-state index contributed by atoms with van der Waals surface area (Å²) in [5.74, 6) is -1.68. The maximum absolute atomic E-state index is 13.6. The van der Waals surface area contributed by atoms with Crippen molar-refractivity contribution in [3.8, 4) is 0 Å². The molecule has 0 saturated carbocycles. The van der Waals surface area contributed by atoms with Gasteiger partial charge in [0, 0.05) is 23.6 Å². The first kappa shape index (κ1) is 27.4. The van der Waals surface area contributed by atoms with Gasteiger partial charge in [-0.05, 0) is 61.0 Å². The first-order valence-electron chi connectivity index (χ1n) is 10.8. The van der Waals surface area contributed by atoms with E-state index < -0.39 is 40.2 Å². The molecule has 0 bridgehead atoms. The van der Waals surface area contributed by atoms with Crippen LogP contribution in [0.1, 0.15) is 12.5 Å². The van der Waals surface area contributed by atoms with E-state index in [1.807, 2.05) is 0 Å². The molecule has 36 heavy (non-hydrogen) atoms. The van der Waals surface area contributed by atoms with E-state index in [0.29, 0.717) is 10.6 Å². The Bertz CT molecular complexity index is 1340. The van der Waals surface area contributed by atoms with Gasteiger partial charge >= 0.3 is 0 Å². The number of likely N-dealkylation sites (N-methyl/N-ethyl adjacent to an activating group) is 1. The summed E-state index contributed by atoms with van der Waals surface area (Å²) in [5.41, 5.74) is 0.607. The monoisotopic (exact) mass is 551 g/mol. The van der Waals surface area contributed by atoms with Crippen LogP contribution in [0.15, 0.2) is 77.7 Å². The number of sulfonamides is 1. The van der Waals surface area contributed by atoms with Gasteiger partial charge in [-0.25, -0.2) is 12.8 Å². The van der Waals surface area contributed by atoms with Crippen LogP contribution in [0.5, 0.6) is 0 Å². The van der Waals surface area contributed by atoms with Gasteiger partial charge in [0.15, 0.2) is 0 Å². The molecule has 3 aromatic rings. The maximum atomic E-state index is 13.6. The van der Waals surface area contributed by atoms with Crippen molar-refractivity contribution in [2.45, 2.75) is 24.4 Å². The Morgan fingerprint density at radius 3 is 2.22 bits per heavy atom. The Labute approximate surface area is 219 Å². The summed E-state index contributed by atoms with van der Waals surface area (Å²) in [6.45, 7) is 0.802. The number of anilines is 1. The molecule has 0 unspecified atom stereocenters. The summed E-state index contributed by atoms with van der Waals surface area (Å²) in [7, 11) is -2.78. The van der Waals surface area contributed by atoms with E-state index in [9.17, 15) is 22.4 Å². The van der Waals surface area contributed by atoms with E-state index in [0.717, 1.165) is 16.4 Å². The van der Waals surface area contributed by atoms with Crippen LogP contribution in [0.3, 0.4) is 0 Å². The summed E-state index contributed by atoms with van der Waals surface area (Å²) in [4.78, 5) is 27.3. The van der Waals surface area contributed by atoms with E-state index >= 15 is 0 Å². The first-order chi connectivity index (χ1) is 17.0. The molecule has 3 aromatic carbocycles. The van der Waals surface area contributed by atoms with Gasteiger partial charge in [0.1, 0.15) is 18.4 Å². The molecule has 0 saturated heterocycles. The summed E-state index contributed by atoms with van der Waals surface area (Å²) < 4.78 is 41.5. The van der Waals surface area contributed by atoms with Crippen molar-refractivity contribution in [3.05, 3.63) is 94.2 Å². The lowest BCUT2D eigenvalue weighted by atomic mass is 10.1. The normalized spacial score (nSPS) is 12.0. The minimum Gasteiger partial charge on any atom is -0.357 e. The van der Waals surface area contributed by atoms with Crippen molar-refractivity contribution in [2.75, 3.05) is 17.9 Å². The van der Waals surface area contributed by atoms with Crippen molar-refractivity contribution in [3.63, 3.8) is 0 Å². The molecule has 0 aliphatic rings. The van der Waals surface area contributed by atoms with Gasteiger partial charge in [-0.3, -0.25) is 13.9 Å². The molecular formula is C25H24Cl2FN3O4S. The Hall–Kier alpha value is -3.14. The number of benzene rings is 3. The number of hydrogen-bond acceptors (Lipinski definition) is 4. The molecular weight excluding hydrogens is 528 g/mol. The lowest BCUT2D eigenvalue weighted by Gasteiger charge is -2.32. The number of nitrogens with one attached hydrogen (secondary N) is 1. The van der Waals surface area contributed by atoms with Crippen LogP contribution in [0.2, 0.25) is 10.0 Å². The molecule has 190 valence electrons. The smallest absolute Gasteiger partial charge is 0.264 e. The quantitative estimate of drug-likeness (QED) is 0.424. The Morgan fingerprint density at radius 1 is 1.00 bits per heavy atom. The number of carbonyl (C=O) groups is 2. The molecule has 0 spiro atoms. The fourth-order valence-corrected chi connectivity index (χ4v) is 5.38. The number of nitrogens with zero attached hydrogens (tertiary/aromatic N) is 2. The van der Waals surface area contributed by atoms with Crippen LogP contribution in [0.4, 0.5) is 10.1 Å². The maximum Gasteiger partial charge on any atom is 0.264 e. The Morgan fingerprint density at radius 2 is 1.64 bits per heavy atom. The Balaban J connectivity index is 2.03. The number of rotatable bonds is 9. The molecule has 7 nitrogen and oxygen atoms in total. The van der Waals surface area contributed by atoms with Crippen molar-refractivity contribution in [1.82, 2.24) is 10.2 Å². The predicted molar refractivity (Wildman–Crippen MR) is 138 cm³/mol. The van der Waals surface area contributed by atoms with Crippen LogP contribution in [0, 0.1) is 5.82 Å². The molecule has 0 aliphatic heterocycles. The second-order valence-corrected chi connectivity index (χ2v) is 10.6. The number of amides is 2. The number of carbonyl (C=O) groups excluding carboxylic acids is 2. The molecule has 0 aromatic heterocycles. The van der Waals surface area contributed by atoms with E-state index in [4.69, 9.17) is 23.2 Å². The second kappa shape index (κ2) is 11.7. The van der Waals surface area contributed by atoms with Crippen molar-refractivity contribution in [2.24, 2.45) is 0 Å². The Kier molecular flexibility index (Phi) is 8.94. The average molecular weight is 552 g/mol. The van der Waals surface area contributed by atoms with E-state index in [-0.39, 0.29) is 22.2 Å².